The number of carbonyl (C=O) groups is 1. The number of anilines is 1. The fourth-order valence-electron chi connectivity index (χ4n) is 2.30. The van der Waals surface area contributed by atoms with Gasteiger partial charge in [-0.15, -0.1) is 0 Å². The van der Waals surface area contributed by atoms with Gasteiger partial charge in [-0.3, -0.25) is 9.36 Å². The number of carbonyl (C=O) groups excluding carboxylic acids is 1. The molecule has 0 aliphatic heterocycles. The molecule has 28 heavy (non-hydrogen) atoms. The second-order valence-electron chi connectivity index (χ2n) is 5.62. The highest BCUT2D eigenvalue weighted by Gasteiger charge is 2.37. The Morgan fingerprint density at radius 3 is 2.07 bits per heavy atom. The van der Waals surface area contributed by atoms with E-state index in [1.807, 2.05) is 0 Å². The fraction of sp³-hybridized carbons (Fsp3) is 0.118. The Morgan fingerprint density at radius 2 is 1.61 bits per heavy atom. The van der Waals surface area contributed by atoms with Gasteiger partial charge in [-0.2, -0.15) is 26.3 Å². The SMILES string of the molecule is O=C(Nc1ccc(-n2ccnc2)nc1)c1cc(C(F)(F)F)cc(C(F)(F)F)c1. The maximum Gasteiger partial charge on any atom is 0.416 e. The molecule has 1 amide bonds. The van der Waals surface area contributed by atoms with Crippen molar-refractivity contribution >= 4 is 11.6 Å². The zero-order chi connectivity index (χ0) is 20.5. The molecule has 3 aromatic rings. The van der Waals surface area contributed by atoms with Crippen molar-refractivity contribution in [3.8, 4) is 5.82 Å². The van der Waals surface area contributed by atoms with Crippen LogP contribution >= 0.6 is 0 Å². The number of nitrogens with one attached hydrogen (secondary N) is 1. The first-order valence-electron chi connectivity index (χ1n) is 7.59. The van der Waals surface area contributed by atoms with Gasteiger partial charge in [0.05, 0.1) is 23.0 Å². The molecular formula is C17H10F6N4O. The number of rotatable bonds is 3. The van der Waals surface area contributed by atoms with Gasteiger partial charge < -0.3 is 5.32 Å². The lowest BCUT2D eigenvalue weighted by atomic mass is 10.0. The van der Waals surface area contributed by atoms with Crippen LogP contribution in [-0.4, -0.2) is 20.4 Å². The molecule has 0 saturated carbocycles. The largest absolute Gasteiger partial charge is 0.416 e. The third-order valence-electron chi connectivity index (χ3n) is 3.62. The van der Waals surface area contributed by atoms with Crippen molar-refractivity contribution < 1.29 is 31.1 Å². The summed E-state index contributed by atoms with van der Waals surface area (Å²) in [5.41, 5.74) is -3.82. The van der Waals surface area contributed by atoms with Gasteiger partial charge in [0.2, 0.25) is 0 Å². The van der Waals surface area contributed by atoms with E-state index in [0.717, 1.165) is 0 Å². The van der Waals surface area contributed by atoms with Gasteiger partial charge in [0, 0.05) is 18.0 Å². The molecule has 0 aliphatic rings. The van der Waals surface area contributed by atoms with Gasteiger partial charge in [0.25, 0.3) is 5.91 Å². The summed E-state index contributed by atoms with van der Waals surface area (Å²) >= 11 is 0. The Labute approximate surface area is 153 Å². The summed E-state index contributed by atoms with van der Waals surface area (Å²) in [5, 5.41) is 2.23. The minimum atomic E-state index is -5.04. The van der Waals surface area contributed by atoms with Crippen molar-refractivity contribution in [2.45, 2.75) is 12.4 Å². The topological polar surface area (TPSA) is 59.8 Å². The molecule has 3 rings (SSSR count). The van der Waals surface area contributed by atoms with Crippen molar-refractivity contribution in [1.29, 1.82) is 0 Å². The van der Waals surface area contributed by atoms with E-state index in [1.54, 1.807) is 10.8 Å². The Morgan fingerprint density at radius 1 is 0.964 bits per heavy atom. The highest BCUT2D eigenvalue weighted by molar-refractivity contribution is 6.04. The van der Waals surface area contributed by atoms with Crippen LogP contribution in [0, 0.1) is 0 Å². The first-order chi connectivity index (χ1) is 13.0. The highest BCUT2D eigenvalue weighted by Crippen LogP contribution is 2.36. The maximum absolute atomic E-state index is 12.9. The van der Waals surface area contributed by atoms with E-state index in [2.05, 4.69) is 15.3 Å². The zero-order valence-electron chi connectivity index (χ0n) is 13.7. The van der Waals surface area contributed by atoms with Gasteiger partial charge >= 0.3 is 12.4 Å². The predicted octanol–water partition coefficient (Wildman–Crippen LogP) is 4.56. The monoisotopic (exact) mass is 400 g/mol. The zero-order valence-corrected chi connectivity index (χ0v) is 13.7. The second-order valence-corrected chi connectivity index (χ2v) is 5.62. The van der Waals surface area contributed by atoms with E-state index < -0.39 is 35.0 Å². The van der Waals surface area contributed by atoms with Crippen molar-refractivity contribution in [3.05, 3.63) is 71.9 Å². The number of nitrogens with zero attached hydrogens (tertiary/aromatic N) is 3. The van der Waals surface area contributed by atoms with Gasteiger partial charge in [-0.1, -0.05) is 0 Å². The first kappa shape index (κ1) is 19.4. The summed E-state index contributed by atoms with van der Waals surface area (Å²) in [7, 11) is 0. The third kappa shape index (κ3) is 4.30. The van der Waals surface area contributed by atoms with E-state index >= 15 is 0 Å². The molecule has 5 nitrogen and oxygen atoms in total. The van der Waals surface area contributed by atoms with Crippen LogP contribution in [0.15, 0.2) is 55.2 Å². The van der Waals surface area contributed by atoms with Gasteiger partial charge in [-0.25, -0.2) is 9.97 Å². The van der Waals surface area contributed by atoms with Crippen molar-refractivity contribution in [3.63, 3.8) is 0 Å². The molecule has 11 heteroatoms. The van der Waals surface area contributed by atoms with Gasteiger partial charge in [-0.05, 0) is 30.3 Å². The molecule has 146 valence electrons. The quantitative estimate of drug-likeness (QED) is 0.656. The minimum absolute atomic E-state index is 0.0434. The average molecular weight is 400 g/mol. The fourth-order valence-corrected chi connectivity index (χ4v) is 2.30. The van der Waals surface area contributed by atoms with E-state index in [1.165, 1.54) is 30.9 Å². The lowest BCUT2D eigenvalue weighted by molar-refractivity contribution is -0.143. The third-order valence-corrected chi connectivity index (χ3v) is 3.62. The van der Waals surface area contributed by atoms with Crippen LogP contribution in [0.4, 0.5) is 32.0 Å². The number of alkyl halides is 6. The van der Waals surface area contributed by atoms with Crippen LogP contribution in [0.25, 0.3) is 5.82 Å². The average Bonchev–Trinajstić information content (AvgIpc) is 3.15. The number of imidazole rings is 1. The summed E-state index contributed by atoms with van der Waals surface area (Å²) in [6, 6.07) is 3.57. The summed E-state index contributed by atoms with van der Waals surface area (Å²) in [4.78, 5) is 20.1. The van der Waals surface area contributed by atoms with Crippen molar-refractivity contribution in [1.82, 2.24) is 14.5 Å². The first-order valence-corrected chi connectivity index (χ1v) is 7.59. The van der Waals surface area contributed by atoms with Crippen LogP contribution in [0.3, 0.4) is 0 Å². The molecular weight excluding hydrogens is 390 g/mol. The minimum Gasteiger partial charge on any atom is -0.321 e. The highest BCUT2D eigenvalue weighted by atomic mass is 19.4. The van der Waals surface area contributed by atoms with Crippen LogP contribution in [-0.2, 0) is 12.4 Å². The summed E-state index contributed by atoms with van der Waals surface area (Å²) in [6.07, 6.45) is -4.26. The predicted molar refractivity (Wildman–Crippen MR) is 85.8 cm³/mol. The molecule has 0 fully saturated rings. The molecule has 1 N–H and O–H groups in total. The number of halogens is 6. The molecule has 2 heterocycles. The number of benzene rings is 1. The molecule has 0 unspecified atom stereocenters. The Balaban J connectivity index is 1.87. The van der Waals surface area contributed by atoms with Crippen LogP contribution in [0.5, 0.6) is 0 Å². The maximum atomic E-state index is 12.9. The van der Waals surface area contributed by atoms with Crippen LogP contribution in [0.1, 0.15) is 21.5 Å². The van der Waals surface area contributed by atoms with E-state index in [-0.39, 0.29) is 11.8 Å². The Hall–Kier alpha value is -3.37. The lowest BCUT2D eigenvalue weighted by Crippen LogP contribution is -2.17. The standard InChI is InChI=1S/C17H10F6N4O/c18-16(19,20)11-5-10(6-12(7-11)17(21,22)23)15(28)26-13-1-2-14(25-8-13)27-4-3-24-9-27/h1-9H,(H,26,28). The molecule has 0 atom stereocenters. The van der Waals surface area contributed by atoms with Crippen molar-refractivity contribution in [2.24, 2.45) is 0 Å². The number of hydrogen-bond donors (Lipinski definition) is 1. The molecule has 0 bridgehead atoms. The van der Waals surface area contributed by atoms with E-state index in [9.17, 15) is 31.1 Å². The number of aromatic nitrogens is 3. The molecule has 1 aromatic carbocycles. The second kappa shape index (κ2) is 6.98. The summed E-state index contributed by atoms with van der Waals surface area (Å²) in [5.74, 6) is -0.678. The number of pyridine rings is 1. The Bertz CT molecular complexity index is 946. The Kier molecular flexibility index (Phi) is 4.84. The number of hydrogen-bond acceptors (Lipinski definition) is 3. The number of amides is 1. The lowest BCUT2D eigenvalue weighted by Gasteiger charge is -2.14. The molecule has 0 radical (unpaired) electrons. The van der Waals surface area contributed by atoms with Gasteiger partial charge in [0.1, 0.15) is 12.1 Å². The molecule has 2 aromatic heterocycles. The van der Waals surface area contributed by atoms with E-state index in [4.69, 9.17) is 0 Å². The summed E-state index contributed by atoms with van der Waals surface area (Å²) in [6.45, 7) is 0. The normalized spacial score (nSPS) is 12.1. The molecule has 0 aliphatic carbocycles. The molecule has 0 spiro atoms. The smallest absolute Gasteiger partial charge is 0.321 e. The van der Waals surface area contributed by atoms with Gasteiger partial charge in [0.15, 0.2) is 0 Å². The molecule has 0 saturated heterocycles. The summed E-state index contributed by atoms with van der Waals surface area (Å²) < 4.78 is 78.9. The van der Waals surface area contributed by atoms with Crippen LogP contribution < -0.4 is 5.32 Å². The van der Waals surface area contributed by atoms with E-state index in [0.29, 0.717) is 18.0 Å². The van der Waals surface area contributed by atoms with Crippen molar-refractivity contribution in [2.75, 3.05) is 5.32 Å². The van der Waals surface area contributed by atoms with Crippen LogP contribution in [0.2, 0.25) is 0 Å².